The number of carbonyl (C=O) groups excluding carboxylic acids is 1. The maximum Gasteiger partial charge on any atom is 0.331 e. The second-order valence-electron chi connectivity index (χ2n) is 5.42. The van der Waals surface area contributed by atoms with E-state index in [1.54, 1.807) is 38.5 Å². The van der Waals surface area contributed by atoms with Gasteiger partial charge in [-0.25, -0.2) is 4.79 Å². The van der Waals surface area contributed by atoms with Crippen molar-refractivity contribution >= 4 is 12.0 Å². The highest BCUT2D eigenvalue weighted by Crippen LogP contribution is 2.28. The molecule has 1 heterocycles. The van der Waals surface area contributed by atoms with E-state index in [2.05, 4.69) is 10.2 Å². The maximum atomic E-state index is 11.9. The van der Waals surface area contributed by atoms with Crippen LogP contribution in [-0.2, 0) is 16.1 Å². The summed E-state index contributed by atoms with van der Waals surface area (Å²) < 4.78 is 21.0. The van der Waals surface area contributed by atoms with Crippen molar-refractivity contribution in [3.8, 4) is 23.0 Å². The summed E-state index contributed by atoms with van der Waals surface area (Å²) in [5, 5.41) is 7.82. The summed E-state index contributed by atoms with van der Waals surface area (Å²) in [4.78, 5) is 11.9. The van der Waals surface area contributed by atoms with Crippen LogP contribution < -0.4 is 9.47 Å². The highest BCUT2D eigenvalue weighted by molar-refractivity contribution is 5.87. The highest BCUT2D eigenvalue weighted by atomic mass is 16.5. The van der Waals surface area contributed by atoms with Gasteiger partial charge in [0.1, 0.15) is 0 Å². The van der Waals surface area contributed by atoms with Crippen molar-refractivity contribution in [2.45, 2.75) is 6.61 Å². The van der Waals surface area contributed by atoms with Crippen molar-refractivity contribution in [3.05, 3.63) is 66.1 Å². The predicted molar refractivity (Wildman–Crippen MR) is 98.1 cm³/mol. The van der Waals surface area contributed by atoms with Crippen LogP contribution in [0.4, 0.5) is 0 Å². The summed E-state index contributed by atoms with van der Waals surface area (Å²) in [6.07, 6.45) is 2.93. The highest BCUT2D eigenvalue weighted by Gasteiger charge is 2.10. The van der Waals surface area contributed by atoms with Crippen LogP contribution in [0.3, 0.4) is 0 Å². The Hall–Kier alpha value is -3.61. The first-order valence-corrected chi connectivity index (χ1v) is 8.14. The van der Waals surface area contributed by atoms with Crippen LogP contribution in [0.5, 0.6) is 11.5 Å². The van der Waals surface area contributed by atoms with Crippen molar-refractivity contribution in [2.24, 2.45) is 0 Å². The fourth-order valence-electron chi connectivity index (χ4n) is 2.31. The van der Waals surface area contributed by atoms with Gasteiger partial charge < -0.3 is 18.6 Å². The Balaban J connectivity index is 1.57. The minimum Gasteiger partial charge on any atom is -0.493 e. The van der Waals surface area contributed by atoms with Crippen LogP contribution in [-0.4, -0.2) is 30.4 Å². The molecular weight excluding hydrogens is 348 g/mol. The first-order valence-electron chi connectivity index (χ1n) is 8.14. The van der Waals surface area contributed by atoms with Gasteiger partial charge in [-0.15, -0.1) is 10.2 Å². The first kappa shape index (κ1) is 18.2. The minimum absolute atomic E-state index is 0.102. The van der Waals surface area contributed by atoms with Gasteiger partial charge >= 0.3 is 5.97 Å². The molecule has 2 aromatic carbocycles. The monoisotopic (exact) mass is 366 g/mol. The number of rotatable bonds is 7. The standard InChI is InChI=1S/C20H18N2O5/c1-24-16-10-8-14(12-17(16)25-2)9-11-19(23)26-13-18-21-22-20(27-18)15-6-4-3-5-7-15/h3-12H,13H2,1-2H3/b11-9+. The molecule has 0 saturated carbocycles. The molecule has 0 fully saturated rings. The van der Waals surface area contributed by atoms with Gasteiger partial charge in [0.15, 0.2) is 18.1 Å². The summed E-state index contributed by atoms with van der Waals surface area (Å²) in [7, 11) is 3.11. The molecule has 0 unspecified atom stereocenters. The molecule has 0 aliphatic heterocycles. The molecule has 3 aromatic rings. The third-order valence-electron chi connectivity index (χ3n) is 3.64. The lowest BCUT2D eigenvalue weighted by molar-refractivity contribution is -0.139. The Morgan fingerprint density at radius 3 is 2.56 bits per heavy atom. The van der Waals surface area contributed by atoms with Gasteiger partial charge in [-0.1, -0.05) is 24.3 Å². The van der Waals surface area contributed by atoms with Gasteiger partial charge in [0, 0.05) is 11.6 Å². The third kappa shape index (κ3) is 4.72. The van der Waals surface area contributed by atoms with Crippen LogP contribution in [0, 0.1) is 0 Å². The van der Waals surface area contributed by atoms with Crippen LogP contribution in [0.25, 0.3) is 17.5 Å². The molecule has 27 heavy (non-hydrogen) atoms. The summed E-state index contributed by atoms with van der Waals surface area (Å²) in [6, 6.07) is 14.7. The Bertz CT molecular complexity index is 935. The number of nitrogens with zero attached hydrogens (tertiary/aromatic N) is 2. The average molecular weight is 366 g/mol. The predicted octanol–water partition coefficient (Wildman–Crippen LogP) is 3.51. The number of aromatic nitrogens is 2. The van der Waals surface area contributed by atoms with Crippen LogP contribution in [0.15, 0.2) is 59.0 Å². The molecule has 0 amide bonds. The molecule has 3 rings (SSSR count). The van der Waals surface area contributed by atoms with E-state index in [-0.39, 0.29) is 12.5 Å². The Morgan fingerprint density at radius 2 is 1.81 bits per heavy atom. The van der Waals surface area contributed by atoms with E-state index in [0.29, 0.717) is 17.4 Å². The lowest BCUT2D eigenvalue weighted by Crippen LogP contribution is -2.01. The number of hydrogen-bond donors (Lipinski definition) is 0. The normalized spacial score (nSPS) is 10.7. The van der Waals surface area contributed by atoms with Gasteiger partial charge in [0.2, 0.25) is 5.89 Å². The first-order chi connectivity index (χ1) is 13.2. The summed E-state index contributed by atoms with van der Waals surface area (Å²) in [6.45, 7) is -0.102. The van der Waals surface area contributed by atoms with E-state index in [9.17, 15) is 4.79 Å². The minimum atomic E-state index is -0.524. The molecule has 0 atom stereocenters. The molecular formula is C20H18N2O5. The topological polar surface area (TPSA) is 83.7 Å². The number of benzene rings is 2. The molecule has 7 heteroatoms. The van der Waals surface area contributed by atoms with E-state index < -0.39 is 5.97 Å². The van der Waals surface area contributed by atoms with E-state index in [0.717, 1.165) is 11.1 Å². The molecule has 1 aromatic heterocycles. The maximum absolute atomic E-state index is 11.9. The van der Waals surface area contributed by atoms with Gasteiger partial charge in [-0.3, -0.25) is 0 Å². The van der Waals surface area contributed by atoms with Crippen molar-refractivity contribution < 1.29 is 23.4 Å². The lowest BCUT2D eigenvalue weighted by atomic mass is 10.2. The number of carbonyl (C=O) groups is 1. The van der Waals surface area contributed by atoms with Crippen LogP contribution >= 0.6 is 0 Å². The van der Waals surface area contributed by atoms with Crippen molar-refractivity contribution in [3.63, 3.8) is 0 Å². The van der Waals surface area contributed by atoms with E-state index in [4.69, 9.17) is 18.6 Å². The fraction of sp³-hybridized carbons (Fsp3) is 0.150. The van der Waals surface area contributed by atoms with Crippen molar-refractivity contribution in [1.29, 1.82) is 0 Å². The van der Waals surface area contributed by atoms with Crippen molar-refractivity contribution in [2.75, 3.05) is 14.2 Å². The van der Waals surface area contributed by atoms with E-state index >= 15 is 0 Å². The van der Waals surface area contributed by atoms with Gasteiger partial charge in [-0.2, -0.15) is 0 Å². The molecule has 0 bridgehead atoms. The summed E-state index contributed by atoms with van der Waals surface area (Å²) >= 11 is 0. The summed E-state index contributed by atoms with van der Waals surface area (Å²) in [5.74, 6) is 1.27. The molecule has 0 aliphatic carbocycles. The average Bonchev–Trinajstić information content (AvgIpc) is 3.20. The molecule has 138 valence electrons. The molecule has 0 spiro atoms. The van der Waals surface area contributed by atoms with Crippen LogP contribution in [0.2, 0.25) is 0 Å². The zero-order chi connectivity index (χ0) is 19.1. The SMILES string of the molecule is COc1ccc(/C=C/C(=O)OCc2nnc(-c3ccccc3)o2)cc1OC. The third-order valence-corrected chi connectivity index (χ3v) is 3.64. The number of esters is 1. The largest absolute Gasteiger partial charge is 0.493 e. The second kappa shape index (κ2) is 8.66. The van der Waals surface area contributed by atoms with Crippen molar-refractivity contribution in [1.82, 2.24) is 10.2 Å². The van der Waals surface area contributed by atoms with E-state index in [1.807, 2.05) is 30.3 Å². The molecule has 0 aliphatic rings. The Morgan fingerprint density at radius 1 is 1.04 bits per heavy atom. The number of methoxy groups -OCH3 is 2. The quantitative estimate of drug-likeness (QED) is 0.467. The van der Waals surface area contributed by atoms with Gasteiger partial charge in [0.05, 0.1) is 14.2 Å². The molecule has 0 saturated heterocycles. The zero-order valence-electron chi connectivity index (χ0n) is 14.9. The smallest absolute Gasteiger partial charge is 0.331 e. The Labute approximate surface area is 156 Å². The number of ether oxygens (including phenoxy) is 3. The molecule has 0 radical (unpaired) electrons. The molecule has 0 N–H and O–H groups in total. The second-order valence-corrected chi connectivity index (χ2v) is 5.42. The summed E-state index contributed by atoms with van der Waals surface area (Å²) in [5.41, 5.74) is 1.57. The van der Waals surface area contributed by atoms with Crippen LogP contribution in [0.1, 0.15) is 11.5 Å². The lowest BCUT2D eigenvalue weighted by Gasteiger charge is -2.07. The van der Waals surface area contributed by atoms with Gasteiger partial charge in [-0.05, 0) is 35.9 Å². The fourth-order valence-corrected chi connectivity index (χ4v) is 2.31. The molecule has 7 nitrogen and oxygen atoms in total. The van der Waals surface area contributed by atoms with Gasteiger partial charge in [0.25, 0.3) is 5.89 Å². The zero-order valence-corrected chi connectivity index (χ0v) is 14.9. The Kier molecular flexibility index (Phi) is 5.84. The van der Waals surface area contributed by atoms with E-state index in [1.165, 1.54) is 6.08 Å². The number of hydrogen-bond acceptors (Lipinski definition) is 7.